The summed E-state index contributed by atoms with van der Waals surface area (Å²) in [4.78, 5) is 22.2. The Bertz CT molecular complexity index is 342. The Balaban J connectivity index is 5.08. The zero-order valence-corrected chi connectivity index (χ0v) is 10.5. The van der Waals surface area contributed by atoms with Gasteiger partial charge in [0.15, 0.2) is 5.78 Å². The fourth-order valence-corrected chi connectivity index (χ4v) is 1.13. The van der Waals surface area contributed by atoms with E-state index in [2.05, 4.69) is 22.5 Å². The summed E-state index contributed by atoms with van der Waals surface area (Å²) in [5, 5.41) is -0.258. The molecule has 3 nitrogen and oxygen atoms in total. The summed E-state index contributed by atoms with van der Waals surface area (Å²) in [6.07, 6.45) is -5.05. The lowest BCUT2D eigenvalue weighted by molar-refractivity contribution is -0.274. The number of alkyl halides is 6. The molecule has 0 heterocycles. The highest BCUT2D eigenvalue weighted by Crippen LogP contribution is 2.36. The van der Waals surface area contributed by atoms with Gasteiger partial charge in [0, 0.05) is 6.54 Å². The highest BCUT2D eigenvalue weighted by molar-refractivity contribution is 9.09. The Labute approximate surface area is 108 Å². The number of nitrogens with zero attached hydrogens (tertiary/aromatic N) is 1. The average Bonchev–Trinajstić information content (AvgIpc) is 2.25. The van der Waals surface area contributed by atoms with E-state index in [1.165, 1.54) is 0 Å². The second-order valence-electron chi connectivity index (χ2n) is 3.22. The third-order valence-corrected chi connectivity index (χ3v) is 2.40. The lowest BCUT2D eigenvalue weighted by atomic mass is 10.2. The molecule has 0 aliphatic carbocycles. The van der Waals surface area contributed by atoms with Crippen LogP contribution in [0.1, 0.15) is 0 Å². The molecule has 0 aromatic rings. The van der Waals surface area contributed by atoms with E-state index in [9.17, 15) is 31.5 Å². The third-order valence-electron chi connectivity index (χ3n) is 1.78. The molecule has 0 radical (unpaired) electrons. The third kappa shape index (κ3) is 4.04. The first kappa shape index (κ1) is 17.0. The van der Waals surface area contributed by atoms with E-state index in [0.717, 1.165) is 6.08 Å². The number of Topliss-reactive ketones (excluding diaryl/α,β-unsaturated/α-hetero) is 1. The summed E-state index contributed by atoms with van der Waals surface area (Å²) in [6.45, 7) is 1.69. The summed E-state index contributed by atoms with van der Waals surface area (Å²) in [5.74, 6) is -8.70. The van der Waals surface area contributed by atoms with Crippen LogP contribution in [0.5, 0.6) is 0 Å². The topological polar surface area (TPSA) is 37.4 Å². The number of hydrogen-bond donors (Lipinski definition) is 0. The van der Waals surface area contributed by atoms with Gasteiger partial charge in [-0.1, -0.05) is 22.0 Å². The zero-order valence-electron chi connectivity index (χ0n) is 8.94. The van der Waals surface area contributed by atoms with Crippen LogP contribution in [-0.2, 0) is 9.59 Å². The van der Waals surface area contributed by atoms with E-state index >= 15 is 0 Å². The van der Waals surface area contributed by atoms with Crippen LogP contribution in [0.2, 0.25) is 0 Å². The Morgan fingerprint density at radius 1 is 1.22 bits per heavy atom. The second-order valence-corrected chi connectivity index (χ2v) is 3.78. The van der Waals surface area contributed by atoms with E-state index < -0.39 is 36.9 Å². The van der Waals surface area contributed by atoms with Crippen LogP contribution in [-0.4, -0.2) is 47.1 Å². The zero-order chi connectivity index (χ0) is 14.6. The number of rotatable bonds is 6. The maximum Gasteiger partial charge on any atom is 0.463 e. The Morgan fingerprint density at radius 2 is 1.72 bits per heavy atom. The quantitative estimate of drug-likeness (QED) is 0.423. The van der Waals surface area contributed by atoms with Gasteiger partial charge in [-0.25, -0.2) is 0 Å². The van der Waals surface area contributed by atoms with Crippen molar-refractivity contribution >= 4 is 27.6 Å². The SMILES string of the molecule is C=CCN(CC(=O)CBr)C(=O)C(F)(F)C(F)(F)F. The monoisotopic (exact) mass is 337 g/mol. The van der Waals surface area contributed by atoms with Gasteiger partial charge in [0.05, 0.1) is 11.9 Å². The molecule has 0 N–H and O–H groups in total. The van der Waals surface area contributed by atoms with Crippen molar-refractivity contribution in [1.29, 1.82) is 0 Å². The van der Waals surface area contributed by atoms with Crippen molar-refractivity contribution in [1.82, 2.24) is 4.90 Å². The molecule has 0 fully saturated rings. The second kappa shape index (κ2) is 6.26. The van der Waals surface area contributed by atoms with Gasteiger partial charge < -0.3 is 4.90 Å². The molecule has 0 aliphatic rings. The fourth-order valence-electron chi connectivity index (χ4n) is 0.950. The molecule has 9 heteroatoms. The van der Waals surface area contributed by atoms with Crippen LogP contribution in [0.25, 0.3) is 0 Å². The summed E-state index contributed by atoms with van der Waals surface area (Å²) in [6, 6.07) is 0. The predicted octanol–water partition coefficient (Wildman–Crippen LogP) is 2.16. The molecule has 0 aromatic heterocycles. The van der Waals surface area contributed by atoms with Crippen molar-refractivity contribution in [3.63, 3.8) is 0 Å². The van der Waals surface area contributed by atoms with Crippen LogP contribution in [0.15, 0.2) is 12.7 Å². The molecule has 0 atom stereocenters. The van der Waals surface area contributed by atoms with Crippen LogP contribution < -0.4 is 0 Å². The molecule has 0 aromatic carbocycles. The van der Waals surface area contributed by atoms with Gasteiger partial charge in [-0.2, -0.15) is 22.0 Å². The standard InChI is InChI=1S/C9H9BrF5NO2/c1-2-3-16(5-6(17)4-10)7(18)8(11,12)9(13,14)15/h2H,1,3-5H2. The van der Waals surface area contributed by atoms with Gasteiger partial charge in [-0.15, -0.1) is 6.58 Å². The number of hydrogen-bond acceptors (Lipinski definition) is 2. The molecule has 0 spiro atoms. The molecular formula is C9H9BrF5NO2. The van der Waals surface area contributed by atoms with Crippen molar-refractivity contribution < 1.29 is 31.5 Å². The van der Waals surface area contributed by atoms with Crippen LogP contribution >= 0.6 is 15.9 Å². The highest BCUT2D eigenvalue weighted by Gasteiger charge is 2.64. The minimum absolute atomic E-state index is 0.101. The number of carbonyl (C=O) groups excluding carboxylic acids is 2. The maximum atomic E-state index is 12.8. The van der Waals surface area contributed by atoms with Crippen LogP contribution in [0.4, 0.5) is 22.0 Å². The summed E-state index contributed by atoms with van der Waals surface area (Å²) < 4.78 is 61.5. The smallest absolute Gasteiger partial charge is 0.326 e. The normalized spacial score (nSPS) is 12.1. The molecule has 0 saturated carbocycles. The molecule has 18 heavy (non-hydrogen) atoms. The van der Waals surface area contributed by atoms with Crippen molar-refractivity contribution in [3.05, 3.63) is 12.7 Å². The van der Waals surface area contributed by atoms with Gasteiger partial charge in [0.25, 0.3) is 0 Å². The van der Waals surface area contributed by atoms with Crippen molar-refractivity contribution in [2.24, 2.45) is 0 Å². The first-order valence-electron chi connectivity index (χ1n) is 4.50. The van der Waals surface area contributed by atoms with Crippen molar-refractivity contribution in [2.45, 2.75) is 12.1 Å². The minimum Gasteiger partial charge on any atom is -0.326 e. The Morgan fingerprint density at radius 3 is 2.06 bits per heavy atom. The molecule has 0 bridgehead atoms. The number of amides is 1. The van der Waals surface area contributed by atoms with E-state index in [1.807, 2.05) is 0 Å². The van der Waals surface area contributed by atoms with E-state index in [1.54, 1.807) is 0 Å². The lowest BCUT2D eigenvalue weighted by Crippen LogP contribution is -2.53. The van der Waals surface area contributed by atoms with Gasteiger partial charge >= 0.3 is 18.0 Å². The number of halogens is 6. The van der Waals surface area contributed by atoms with Gasteiger partial charge in [0.2, 0.25) is 0 Å². The molecule has 0 unspecified atom stereocenters. The fraction of sp³-hybridized carbons (Fsp3) is 0.556. The summed E-state index contributed by atoms with van der Waals surface area (Å²) in [5.41, 5.74) is 0. The first-order valence-corrected chi connectivity index (χ1v) is 5.62. The molecule has 104 valence electrons. The number of ketones is 1. The highest BCUT2D eigenvalue weighted by atomic mass is 79.9. The lowest BCUT2D eigenvalue weighted by Gasteiger charge is -2.26. The van der Waals surface area contributed by atoms with Crippen LogP contribution in [0.3, 0.4) is 0 Å². The first-order chi connectivity index (χ1) is 8.07. The predicted molar refractivity (Wildman–Crippen MR) is 56.6 cm³/mol. The summed E-state index contributed by atoms with van der Waals surface area (Å²) in [7, 11) is 0. The minimum atomic E-state index is -6.00. The Hall–Kier alpha value is -0.990. The summed E-state index contributed by atoms with van der Waals surface area (Å²) >= 11 is 2.71. The van der Waals surface area contributed by atoms with Crippen molar-refractivity contribution in [2.75, 3.05) is 18.4 Å². The molecule has 0 rings (SSSR count). The van der Waals surface area contributed by atoms with E-state index in [0.29, 0.717) is 0 Å². The number of carbonyl (C=O) groups is 2. The Kier molecular flexibility index (Phi) is 5.91. The molecule has 0 aliphatic heterocycles. The van der Waals surface area contributed by atoms with Gasteiger partial charge in [-0.05, 0) is 0 Å². The molecule has 1 amide bonds. The van der Waals surface area contributed by atoms with Crippen molar-refractivity contribution in [3.8, 4) is 0 Å². The van der Waals surface area contributed by atoms with Crippen LogP contribution in [0, 0.1) is 0 Å². The van der Waals surface area contributed by atoms with Gasteiger partial charge in [-0.3, -0.25) is 9.59 Å². The maximum absolute atomic E-state index is 12.8. The molecule has 0 saturated heterocycles. The van der Waals surface area contributed by atoms with E-state index in [4.69, 9.17) is 0 Å². The van der Waals surface area contributed by atoms with E-state index in [-0.39, 0.29) is 10.2 Å². The average molecular weight is 338 g/mol. The van der Waals surface area contributed by atoms with Gasteiger partial charge in [0.1, 0.15) is 0 Å². The largest absolute Gasteiger partial charge is 0.463 e. The molecular weight excluding hydrogens is 329 g/mol.